The van der Waals surface area contributed by atoms with Gasteiger partial charge in [0.25, 0.3) is 0 Å². The first-order valence-electron chi connectivity index (χ1n) is 5.93. The Labute approximate surface area is 129 Å². The minimum atomic E-state index is 0. The predicted octanol–water partition coefficient (Wildman–Crippen LogP) is 4.00. The van der Waals surface area contributed by atoms with Crippen molar-refractivity contribution in [3.05, 3.63) is 60.2 Å². The average Bonchev–Trinajstić information content (AvgIpc) is 2.47. The Balaban J connectivity index is 0.00000200. The summed E-state index contributed by atoms with van der Waals surface area (Å²) in [6.45, 7) is 0. The number of amidine groups is 1. The minimum absolute atomic E-state index is 0. The molecule has 0 aromatic heterocycles. The van der Waals surface area contributed by atoms with Gasteiger partial charge in [-0.25, -0.2) is 4.99 Å². The lowest BCUT2D eigenvalue weighted by Crippen LogP contribution is -2.06. The fourth-order valence-electron chi connectivity index (χ4n) is 1.60. The van der Waals surface area contributed by atoms with Crippen LogP contribution in [-0.2, 0) is 5.75 Å². The molecule has 0 amide bonds. The van der Waals surface area contributed by atoms with Gasteiger partial charge in [-0.1, -0.05) is 54.2 Å². The molecule has 3 nitrogen and oxygen atoms in total. The molecule has 106 valence electrons. The number of halogens is 1. The molecule has 0 fully saturated rings. The number of thioether (sulfide) groups is 1. The van der Waals surface area contributed by atoms with Crippen LogP contribution in [0.25, 0.3) is 0 Å². The van der Waals surface area contributed by atoms with Gasteiger partial charge in [-0.05, 0) is 17.7 Å². The van der Waals surface area contributed by atoms with E-state index in [1.54, 1.807) is 7.11 Å². The van der Waals surface area contributed by atoms with E-state index >= 15 is 0 Å². The van der Waals surface area contributed by atoms with Crippen LogP contribution in [0.15, 0.2) is 59.6 Å². The zero-order valence-electron chi connectivity index (χ0n) is 11.2. The maximum atomic E-state index is 5.93. The highest BCUT2D eigenvalue weighted by atomic mass is 35.5. The van der Waals surface area contributed by atoms with Gasteiger partial charge in [0.05, 0.1) is 7.11 Å². The number of hydrogen-bond donors (Lipinski definition) is 1. The Morgan fingerprint density at radius 3 is 2.45 bits per heavy atom. The first kappa shape index (κ1) is 16.4. The summed E-state index contributed by atoms with van der Waals surface area (Å²) in [6, 6.07) is 17.8. The topological polar surface area (TPSA) is 47.6 Å². The smallest absolute Gasteiger partial charge is 0.159 e. The van der Waals surface area contributed by atoms with Gasteiger partial charge in [-0.3, -0.25) is 0 Å². The Morgan fingerprint density at radius 1 is 1.10 bits per heavy atom. The molecule has 2 rings (SSSR count). The molecule has 2 N–H and O–H groups in total. The molecule has 0 aliphatic heterocycles. The van der Waals surface area contributed by atoms with Crippen LogP contribution in [0.1, 0.15) is 5.56 Å². The van der Waals surface area contributed by atoms with Crippen molar-refractivity contribution in [2.75, 3.05) is 7.11 Å². The number of benzene rings is 2. The summed E-state index contributed by atoms with van der Waals surface area (Å²) in [6.07, 6.45) is 0. The molecule has 0 bridgehead atoms. The summed E-state index contributed by atoms with van der Waals surface area (Å²) in [5.74, 6) is 1.54. The van der Waals surface area contributed by atoms with E-state index in [9.17, 15) is 0 Å². The summed E-state index contributed by atoms with van der Waals surface area (Å²) in [7, 11) is 1.63. The van der Waals surface area contributed by atoms with Crippen LogP contribution in [0, 0.1) is 0 Å². The van der Waals surface area contributed by atoms with Crippen LogP contribution in [-0.4, -0.2) is 12.3 Å². The maximum absolute atomic E-state index is 5.93. The van der Waals surface area contributed by atoms with E-state index in [1.165, 1.54) is 17.3 Å². The van der Waals surface area contributed by atoms with Crippen molar-refractivity contribution in [2.24, 2.45) is 10.7 Å². The quantitative estimate of drug-likeness (QED) is 0.686. The average molecular weight is 309 g/mol. The highest BCUT2D eigenvalue weighted by Crippen LogP contribution is 2.27. The van der Waals surface area contributed by atoms with E-state index < -0.39 is 0 Å². The predicted molar refractivity (Wildman–Crippen MR) is 89.3 cm³/mol. The second-order valence-corrected chi connectivity index (χ2v) is 4.89. The molecule has 20 heavy (non-hydrogen) atoms. The lowest BCUT2D eigenvalue weighted by molar-refractivity contribution is 0.416. The van der Waals surface area contributed by atoms with E-state index in [-0.39, 0.29) is 12.4 Å². The number of ether oxygens (including phenoxy) is 1. The Morgan fingerprint density at radius 2 is 1.75 bits per heavy atom. The molecule has 2 aromatic carbocycles. The molecule has 0 aliphatic carbocycles. The fraction of sp³-hybridized carbons (Fsp3) is 0.133. The van der Waals surface area contributed by atoms with Crippen LogP contribution in [0.4, 0.5) is 5.69 Å². The van der Waals surface area contributed by atoms with Crippen molar-refractivity contribution >= 4 is 35.0 Å². The summed E-state index contributed by atoms with van der Waals surface area (Å²) in [5.41, 5.74) is 7.91. The standard InChI is InChI=1S/C15H16N2OS.ClH/c1-18-14-10-6-5-9-13(14)17-15(16)19-11-12-7-3-2-4-8-12;/h2-10H,11H2,1H3,(H2,16,17);1H. The van der Waals surface area contributed by atoms with Gasteiger partial charge in [-0.15, -0.1) is 12.4 Å². The van der Waals surface area contributed by atoms with Gasteiger partial charge in [0.2, 0.25) is 0 Å². The van der Waals surface area contributed by atoms with Crippen LogP contribution in [0.5, 0.6) is 5.75 Å². The third kappa shape index (κ3) is 4.79. The van der Waals surface area contributed by atoms with E-state index in [1.807, 2.05) is 42.5 Å². The number of methoxy groups -OCH3 is 1. The number of nitrogens with two attached hydrogens (primary N) is 1. The molecular weight excluding hydrogens is 292 g/mol. The molecule has 0 aliphatic rings. The van der Waals surface area contributed by atoms with E-state index in [0.717, 1.165) is 17.2 Å². The van der Waals surface area contributed by atoms with Gasteiger partial charge in [0, 0.05) is 5.75 Å². The molecule has 0 spiro atoms. The van der Waals surface area contributed by atoms with Crippen LogP contribution in [0.3, 0.4) is 0 Å². The summed E-state index contributed by atoms with van der Waals surface area (Å²) < 4.78 is 5.24. The number of aliphatic imine (C=N–C) groups is 1. The zero-order chi connectivity index (χ0) is 13.5. The SMILES string of the molecule is COc1ccccc1N=C(N)SCc1ccccc1.Cl. The van der Waals surface area contributed by atoms with Crippen molar-refractivity contribution in [2.45, 2.75) is 5.75 Å². The molecular formula is C15H17ClN2OS. The van der Waals surface area contributed by atoms with Crippen LogP contribution >= 0.6 is 24.2 Å². The molecule has 0 saturated carbocycles. The maximum Gasteiger partial charge on any atom is 0.159 e. The van der Waals surface area contributed by atoms with Crippen molar-refractivity contribution in [3.8, 4) is 5.75 Å². The van der Waals surface area contributed by atoms with Crippen molar-refractivity contribution in [3.63, 3.8) is 0 Å². The first-order chi connectivity index (χ1) is 9.29. The summed E-state index contributed by atoms with van der Waals surface area (Å²) >= 11 is 1.52. The second-order valence-electron chi connectivity index (χ2n) is 3.90. The lowest BCUT2D eigenvalue weighted by Gasteiger charge is -2.05. The van der Waals surface area contributed by atoms with Gasteiger partial charge >= 0.3 is 0 Å². The van der Waals surface area contributed by atoms with Crippen molar-refractivity contribution < 1.29 is 4.74 Å². The van der Waals surface area contributed by atoms with E-state index in [0.29, 0.717) is 5.17 Å². The second kappa shape index (κ2) is 8.51. The van der Waals surface area contributed by atoms with Crippen LogP contribution < -0.4 is 10.5 Å². The summed E-state index contributed by atoms with van der Waals surface area (Å²) in [5, 5.41) is 0.536. The van der Waals surface area contributed by atoms with E-state index in [2.05, 4.69) is 17.1 Å². The molecule has 2 aromatic rings. The number of rotatable bonds is 4. The molecule has 0 saturated heterocycles. The Hall–Kier alpha value is -1.65. The fourth-order valence-corrected chi connectivity index (χ4v) is 2.27. The highest BCUT2D eigenvalue weighted by molar-refractivity contribution is 8.13. The Bertz CT molecular complexity index is 561. The Kier molecular flexibility index (Phi) is 6.98. The van der Waals surface area contributed by atoms with Gasteiger partial charge in [0.1, 0.15) is 11.4 Å². The number of hydrogen-bond acceptors (Lipinski definition) is 3. The normalized spacial score (nSPS) is 10.8. The van der Waals surface area contributed by atoms with Crippen LogP contribution in [0.2, 0.25) is 0 Å². The zero-order valence-corrected chi connectivity index (χ0v) is 12.8. The molecule has 0 atom stereocenters. The number of nitrogens with zero attached hydrogens (tertiary/aromatic N) is 1. The molecule has 5 heteroatoms. The summed E-state index contributed by atoms with van der Waals surface area (Å²) in [4.78, 5) is 4.38. The van der Waals surface area contributed by atoms with Gasteiger partial charge in [-0.2, -0.15) is 0 Å². The molecule has 0 heterocycles. The number of para-hydroxylation sites is 2. The van der Waals surface area contributed by atoms with E-state index in [4.69, 9.17) is 10.5 Å². The van der Waals surface area contributed by atoms with Gasteiger partial charge < -0.3 is 10.5 Å². The van der Waals surface area contributed by atoms with Gasteiger partial charge in [0.15, 0.2) is 5.17 Å². The first-order valence-corrected chi connectivity index (χ1v) is 6.92. The third-order valence-electron chi connectivity index (χ3n) is 2.55. The largest absolute Gasteiger partial charge is 0.494 e. The molecule has 0 unspecified atom stereocenters. The lowest BCUT2D eigenvalue weighted by atomic mass is 10.2. The van der Waals surface area contributed by atoms with Crippen molar-refractivity contribution in [1.29, 1.82) is 0 Å². The minimum Gasteiger partial charge on any atom is -0.494 e. The third-order valence-corrected chi connectivity index (χ3v) is 3.41. The monoisotopic (exact) mass is 308 g/mol. The highest BCUT2D eigenvalue weighted by Gasteiger charge is 2.02. The van der Waals surface area contributed by atoms with Crippen molar-refractivity contribution in [1.82, 2.24) is 0 Å². The molecule has 0 radical (unpaired) electrons.